The second-order valence-corrected chi connectivity index (χ2v) is 5.92. The standard InChI is InChI=1S/C9H14N4O4S/c10-18(16,17)8-6-12(11-9(8)13(14)15)7-4-2-1-3-5-7/h6-7H,1-5H2,(H2,10,16,17). The average Bonchev–Trinajstić information content (AvgIpc) is 2.74. The molecule has 0 saturated heterocycles. The van der Waals surface area contributed by atoms with E-state index in [9.17, 15) is 18.5 Å². The summed E-state index contributed by atoms with van der Waals surface area (Å²) in [5, 5.41) is 19.5. The van der Waals surface area contributed by atoms with Gasteiger partial charge in [-0.05, 0) is 17.8 Å². The first-order valence-corrected chi connectivity index (χ1v) is 7.20. The van der Waals surface area contributed by atoms with Crippen LogP contribution in [0.5, 0.6) is 0 Å². The summed E-state index contributed by atoms with van der Waals surface area (Å²) in [6.07, 6.45) is 6.03. The smallest absolute Gasteiger partial charge is 0.358 e. The molecule has 1 fully saturated rings. The van der Waals surface area contributed by atoms with E-state index >= 15 is 0 Å². The maximum atomic E-state index is 11.3. The zero-order valence-electron chi connectivity index (χ0n) is 9.65. The Morgan fingerprint density at radius 3 is 2.44 bits per heavy atom. The molecule has 2 rings (SSSR count). The van der Waals surface area contributed by atoms with Gasteiger partial charge >= 0.3 is 5.82 Å². The third-order valence-electron chi connectivity index (χ3n) is 3.11. The number of aromatic nitrogens is 2. The SMILES string of the molecule is NS(=O)(=O)c1cn(C2CCCCC2)nc1[N+](=O)[O-]. The normalized spacial score (nSPS) is 17.8. The Balaban J connectivity index is 2.42. The molecule has 9 heteroatoms. The van der Waals surface area contributed by atoms with Crippen molar-refractivity contribution in [2.24, 2.45) is 5.14 Å². The summed E-state index contributed by atoms with van der Waals surface area (Å²) in [5.41, 5.74) is 0. The fourth-order valence-corrected chi connectivity index (χ4v) is 2.85. The second kappa shape index (κ2) is 4.65. The van der Waals surface area contributed by atoms with Crippen molar-refractivity contribution in [3.8, 4) is 0 Å². The highest BCUT2D eigenvalue weighted by molar-refractivity contribution is 7.89. The minimum Gasteiger partial charge on any atom is -0.358 e. The number of primary sulfonamides is 1. The van der Waals surface area contributed by atoms with Crippen molar-refractivity contribution in [3.63, 3.8) is 0 Å². The van der Waals surface area contributed by atoms with Gasteiger partial charge in [0.2, 0.25) is 14.9 Å². The Morgan fingerprint density at radius 2 is 2.00 bits per heavy atom. The van der Waals surface area contributed by atoms with Gasteiger partial charge in [-0.15, -0.1) is 0 Å². The summed E-state index contributed by atoms with van der Waals surface area (Å²) in [4.78, 5) is 9.44. The molecule has 100 valence electrons. The lowest BCUT2D eigenvalue weighted by Gasteiger charge is -2.18. The predicted octanol–water partition coefficient (Wildman–Crippen LogP) is 0.944. The zero-order chi connectivity index (χ0) is 13.3. The van der Waals surface area contributed by atoms with Crippen LogP contribution in [0.15, 0.2) is 11.1 Å². The monoisotopic (exact) mass is 274 g/mol. The van der Waals surface area contributed by atoms with Crippen LogP contribution in [0.4, 0.5) is 5.82 Å². The molecule has 1 saturated carbocycles. The summed E-state index contributed by atoms with van der Waals surface area (Å²) >= 11 is 0. The van der Waals surface area contributed by atoms with Gasteiger partial charge in [0.25, 0.3) is 0 Å². The van der Waals surface area contributed by atoms with Crippen LogP contribution in [0.3, 0.4) is 0 Å². The van der Waals surface area contributed by atoms with Gasteiger partial charge in [0.15, 0.2) is 0 Å². The molecule has 2 N–H and O–H groups in total. The minimum absolute atomic E-state index is 0.0212. The summed E-state index contributed by atoms with van der Waals surface area (Å²) in [5.74, 6) is -0.692. The Bertz CT molecular complexity index is 559. The summed E-state index contributed by atoms with van der Waals surface area (Å²) in [6.45, 7) is 0. The molecule has 0 atom stereocenters. The van der Waals surface area contributed by atoms with Crippen molar-refractivity contribution in [1.82, 2.24) is 9.78 Å². The van der Waals surface area contributed by atoms with Crippen LogP contribution in [0.25, 0.3) is 0 Å². The number of rotatable bonds is 3. The molecule has 1 aliphatic carbocycles. The van der Waals surface area contributed by atoms with Crippen LogP contribution in [0, 0.1) is 10.1 Å². The van der Waals surface area contributed by atoms with Gasteiger partial charge in [-0.1, -0.05) is 19.3 Å². The van der Waals surface area contributed by atoms with E-state index in [4.69, 9.17) is 5.14 Å². The highest BCUT2D eigenvalue weighted by atomic mass is 32.2. The summed E-state index contributed by atoms with van der Waals surface area (Å²) in [7, 11) is -4.12. The van der Waals surface area contributed by atoms with Crippen LogP contribution in [-0.4, -0.2) is 23.1 Å². The first kappa shape index (κ1) is 13.0. The first-order chi connectivity index (χ1) is 8.39. The number of hydrogen-bond acceptors (Lipinski definition) is 5. The van der Waals surface area contributed by atoms with E-state index in [0.717, 1.165) is 32.1 Å². The number of nitro groups is 1. The molecule has 0 amide bonds. The van der Waals surface area contributed by atoms with Crippen molar-refractivity contribution in [2.45, 2.75) is 43.0 Å². The topological polar surface area (TPSA) is 121 Å². The van der Waals surface area contributed by atoms with Crippen LogP contribution in [0.2, 0.25) is 0 Å². The number of nitrogens with zero attached hydrogens (tertiary/aromatic N) is 3. The van der Waals surface area contributed by atoms with E-state index in [1.807, 2.05) is 0 Å². The molecule has 0 bridgehead atoms. The molecular formula is C9H14N4O4S. The van der Waals surface area contributed by atoms with Crippen LogP contribution >= 0.6 is 0 Å². The van der Waals surface area contributed by atoms with Gasteiger partial charge in [0.1, 0.15) is 0 Å². The Kier molecular flexibility index (Phi) is 3.35. The van der Waals surface area contributed by atoms with E-state index in [1.54, 1.807) is 0 Å². The van der Waals surface area contributed by atoms with Gasteiger partial charge < -0.3 is 10.1 Å². The van der Waals surface area contributed by atoms with Gasteiger partial charge in [-0.2, -0.15) is 4.68 Å². The van der Waals surface area contributed by atoms with Crippen LogP contribution in [-0.2, 0) is 10.0 Å². The van der Waals surface area contributed by atoms with E-state index in [2.05, 4.69) is 5.10 Å². The lowest BCUT2D eigenvalue weighted by Crippen LogP contribution is -2.14. The molecule has 1 aliphatic rings. The molecule has 0 aromatic carbocycles. The van der Waals surface area contributed by atoms with Crippen molar-refractivity contribution >= 4 is 15.8 Å². The van der Waals surface area contributed by atoms with Gasteiger partial charge in [0, 0.05) is 0 Å². The van der Waals surface area contributed by atoms with E-state index < -0.39 is 25.7 Å². The molecule has 1 aromatic rings. The Morgan fingerprint density at radius 1 is 1.39 bits per heavy atom. The minimum atomic E-state index is -4.12. The molecule has 18 heavy (non-hydrogen) atoms. The lowest BCUT2D eigenvalue weighted by molar-refractivity contribution is -0.392. The maximum Gasteiger partial charge on any atom is 0.410 e. The van der Waals surface area contributed by atoms with Crippen molar-refractivity contribution in [2.75, 3.05) is 0 Å². The second-order valence-electron chi connectivity index (χ2n) is 4.39. The molecule has 1 aromatic heterocycles. The van der Waals surface area contributed by atoms with Gasteiger partial charge in [0.05, 0.1) is 17.3 Å². The molecule has 0 spiro atoms. The fourth-order valence-electron chi connectivity index (χ4n) is 2.23. The number of hydrogen-bond donors (Lipinski definition) is 1. The third-order valence-corrected chi connectivity index (χ3v) is 4.01. The van der Waals surface area contributed by atoms with E-state index in [-0.39, 0.29) is 6.04 Å². The summed E-state index contributed by atoms with van der Waals surface area (Å²) < 4.78 is 23.9. The quantitative estimate of drug-likeness (QED) is 0.649. The molecular weight excluding hydrogens is 260 g/mol. The Labute approximate surface area is 104 Å². The Hall–Kier alpha value is -1.48. The van der Waals surface area contributed by atoms with Gasteiger partial charge in [-0.25, -0.2) is 13.6 Å². The largest absolute Gasteiger partial charge is 0.410 e. The van der Waals surface area contributed by atoms with Crippen molar-refractivity contribution in [1.29, 1.82) is 0 Å². The van der Waals surface area contributed by atoms with Crippen LogP contribution < -0.4 is 5.14 Å². The maximum absolute atomic E-state index is 11.3. The van der Waals surface area contributed by atoms with Gasteiger partial charge in [-0.3, -0.25) is 0 Å². The molecule has 0 radical (unpaired) electrons. The third kappa shape index (κ3) is 2.51. The zero-order valence-corrected chi connectivity index (χ0v) is 10.5. The molecule has 0 aliphatic heterocycles. The highest BCUT2D eigenvalue weighted by Gasteiger charge is 2.31. The lowest BCUT2D eigenvalue weighted by atomic mass is 9.96. The number of nitrogens with two attached hydrogens (primary N) is 1. The molecule has 8 nitrogen and oxygen atoms in total. The number of sulfonamides is 1. The van der Waals surface area contributed by atoms with Crippen molar-refractivity contribution < 1.29 is 13.3 Å². The average molecular weight is 274 g/mol. The fraction of sp³-hybridized carbons (Fsp3) is 0.667. The first-order valence-electron chi connectivity index (χ1n) is 5.66. The summed E-state index contributed by atoms with van der Waals surface area (Å²) in [6, 6.07) is 0.0212. The highest BCUT2D eigenvalue weighted by Crippen LogP contribution is 2.30. The van der Waals surface area contributed by atoms with Crippen molar-refractivity contribution in [3.05, 3.63) is 16.3 Å². The van der Waals surface area contributed by atoms with E-state index in [1.165, 1.54) is 10.9 Å². The predicted molar refractivity (Wildman–Crippen MR) is 62.4 cm³/mol. The molecule has 0 unspecified atom stereocenters. The molecule has 1 heterocycles. The van der Waals surface area contributed by atoms with Crippen LogP contribution in [0.1, 0.15) is 38.1 Å². The van der Waals surface area contributed by atoms with E-state index in [0.29, 0.717) is 0 Å².